The molecule has 0 fully saturated rings. The fraction of sp³-hybridized carbons (Fsp3) is 0.300. The number of rotatable bonds is 1. The summed E-state index contributed by atoms with van der Waals surface area (Å²) in [6, 6.07) is 7.50. The highest BCUT2D eigenvalue weighted by molar-refractivity contribution is 5.84. The molecular formula is C10H15NO2. The monoisotopic (exact) mass is 181 g/mol. The van der Waals surface area contributed by atoms with Crippen molar-refractivity contribution >= 4 is 11.8 Å². The number of aryl methyl sites for hydroxylation is 1. The van der Waals surface area contributed by atoms with Crippen LogP contribution in [0.1, 0.15) is 13.0 Å². The molecule has 13 heavy (non-hydrogen) atoms. The maximum Gasteiger partial charge on any atom is 0.411 e. The van der Waals surface area contributed by atoms with E-state index in [1.54, 1.807) is 0 Å². The third-order valence-corrected chi connectivity index (χ3v) is 1.48. The van der Waals surface area contributed by atoms with Gasteiger partial charge in [0.15, 0.2) is 0 Å². The summed E-state index contributed by atoms with van der Waals surface area (Å²) in [5, 5.41) is 2.56. The van der Waals surface area contributed by atoms with Crippen LogP contribution in [0.2, 0.25) is 0 Å². The number of ether oxygens (including phenoxy) is 1. The number of anilines is 1. The van der Waals surface area contributed by atoms with Crippen molar-refractivity contribution in [1.82, 2.24) is 0 Å². The minimum atomic E-state index is -0.446. The maximum atomic E-state index is 10.7. The van der Waals surface area contributed by atoms with E-state index in [0.717, 1.165) is 11.3 Å². The lowest BCUT2D eigenvalue weighted by Crippen LogP contribution is -2.10. The Labute approximate surface area is 78.7 Å². The molecule has 1 aromatic rings. The highest BCUT2D eigenvalue weighted by Gasteiger charge is 1.97. The minimum absolute atomic E-state index is 0. The van der Waals surface area contributed by atoms with Gasteiger partial charge < -0.3 is 4.74 Å². The molecule has 0 aliphatic rings. The van der Waals surface area contributed by atoms with Crippen LogP contribution < -0.4 is 5.32 Å². The topological polar surface area (TPSA) is 38.3 Å². The van der Waals surface area contributed by atoms with Gasteiger partial charge in [0, 0.05) is 5.69 Å². The van der Waals surface area contributed by atoms with Gasteiger partial charge in [-0.3, -0.25) is 5.32 Å². The highest BCUT2D eigenvalue weighted by atomic mass is 16.5. The van der Waals surface area contributed by atoms with Gasteiger partial charge in [0.25, 0.3) is 0 Å². The van der Waals surface area contributed by atoms with Crippen molar-refractivity contribution in [3.8, 4) is 0 Å². The molecule has 0 aromatic heterocycles. The minimum Gasteiger partial charge on any atom is -0.453 e. The van der Waals surface area contributed by atoms with Crippen LogP contribution in [-0.4, -0.2) is 13.2 Å². The molecule has 0 atom stereocenters. The molecule has 1 aromatic carbocycles. The quantitative estimate of drug-likeness (QED) is 0.723. The van der Waals surface area contributed by atoms with E-state index in [1.165, 1.54) is 7.11 Å². The van der Waals surface area contributed by atoms with Crippen LogP contribution >= 0.6 is 0 Å². The molecule has 1 amide bonds. The van der Waals surface area contributed by atoms with E-state index in [9.17, 15) is 4.79 Å². The summed E-state index contributed by atoms with van der Waals surface area (Å²) >= 11 is 0. The van der Waals surface area contributed by atoms with E-state index in [2.05, 4.69) is 10.1 Å². The zero-order valence-corrected chi connectivity index (χ0v) is 7.13. The molecule has 3 nitrogen and oxygen atoms in total. The molecule has 0 heterocycles. The summed E-state index contributed by atoms with van der Waals surface area (Å²) in [7, 11) is 1.34. The Kier molecular flexibility index (Phi) is 4.59. The van der Waals surface area contributed by atoms with E-state index in [0.29, 0.717) is 0 Å². The lowest BCUT2D eigenvalue weighted by atomic mass is 10.2. The molecule has 0 bridgehead atoms. The summed E-state index contributed by atoms with van der Waals surface area (Å²) in [6.45, 7) is 1.99. The zero-order valence-electron chi connectivity index (χ0n) is 7.13. The molecule has 1 rings (SSSR count). The molecule has 1 N–H and O–H groups in total. The molecule has 0 radical (unpaired) electrons. The van der Waals surface area contributed by atoms with Crippen LogP contribution in [0.15, 0.2) is 24.3 Å². The second kappa shape index (κ2) is 5.19. The standard InChI is InChI=1S/C9H11NO2.CH4/c1-7-3-5-8(6-4-7)10-9(11)12-2;/h3-6H,1-2H3,(H,10,11);1H4. The van der Waals surface area contributed by atoms with E-state index in [4.69, 9.17) is 0 Å². The summed E-state index contributed by atoms with van der Waals surface area (Å²) in [6.07, 6.45) is -0.446. The normalized spacial score (nSPS) is 8.46. The average molecular weight is 181 g/mol. The first kappa shape index (κ1) is 11.5. The van der Waals surface area contributed by atoms with E-state index < -0.39 is 6.09 Å². The molecule has 72 valence electrons. The molecule has 0 aliphatic heterocycles. The van der Waals surface area contributed by atoms with Crippen LogP contribution in [0.3, 0.4) is 0 Å². The molecule has 0 unspecified atom stereocenters. The van der Waals surface area contributed by atoms with Crippen LogP contribution in [0, 0.1) is 6.92 Å². The van der Waals surface area contributed by atoms with Crippen molar-refractivity contribution in [1.29, 1.82) is 0 Å². The second-order valence-corrected chi connectivity index (χ2v) is 2.48. The fourth-order valence-electron chi connectivity index (χ4n) is 0.806. The fourth-order valence-corrected chi connectivity index (χ4v) is 0.806. The Morgan fingerprint density at radius 3 is 2.31 bits per heavy atom. The first-order valence-corrected chi connectivity index (χ1v) is 3.64. The third kappa shape index (κ3) is 3.60. The van der Waals surface area contributed by atoms with Crippen LogP contribution in [0.4, 0.5) is 10.5 Å². The summed E-state index contributed by atoms with van der Waals surface area (Å²) in [4.78, 5) is 10.7. The van der Waals surface area contributed by atoms with Crippen molar-refractivity contribution < 1.29 is 9.53 Å². The van der Waals surface area contributed by atoms with Gasteiger partial charge in [-0.05, 0) is 19.1 Å². The van der Waals surface area contributed by atoms with Crippen molar-refractivity contribution in [2.24, 2.45) is 0 Å². The predicted molar refractivity (Wildman–Crippen MR) is 53.9 cm³/mol. The number of hydrogen-bond donors (Lipinski definition) is 1. The first-order chi connectivity index (χ1) is 5.72. The number of nitrogens with one attached hydrogen (secondary N) is 1. The van der Waals surface area contributed by atoms with Gasteiger partial charge in [0.1, 0.15) is 0 Å². The highest BCUT2D eigenvalue weighted by Crippen LogP contribution is 2.08. The second-order valence-electron chi connectivity index (χ2n) is 2.48. The van der Waals surface area contributed by atoms with Gasteiger partial charge in [-0.1, -0.05) is 25.1 Å². The maximum absolute atomic E-state index is 10.7. The summed E-state index contributed by atoms with van der Waals surface area (Å²) in [5.74, 6) is 0. The van der Waals surface area contributed by atoms with E-state index in [1.807, 2.05) is 31.2 Å². The number of carbonyl (C=O) groups is 1. The van der Waals surface area contributed by atoms with Crippen molar-refractivity contribution in [3.05, 3.63) is 29.8 Å². The number of carbonyl (C=O) groups excluding carboxylic acids is 1. The van der Waals surface area contributed by atoms with Gasteiger partial charge >= 0.3 is 6.09 Å². The molecule has 0 spiro atoms. The summed E-state index contributed by atoms with van der Waals surface area (Å²) < 4.78 is 4.43. The molecule has 3 heteroatoms. The van der Waals surface area contributed by atoms with Gasteiger partial charge in [0.05, 0.1) is 7.11 Å². The molecule has 0 saturated heterocycles. The van der Waals surface area contributed by atoms with Crippen LogP contribution in [0.25, 0.3) is 0 Å². The summed E-state index contributed by atoms with van der Waals surface area (Å²) in [5.41, 5.74) is 1.90. The van der Waals surface area contributed by atoms with Crippen LogP contribution in [-0.2, 0) is 4.74 Å². The van der Waals surface area contributed by atoms with Gasteiger partial charge in [-0.15, -0.1) is 0 Å². The zero-order chi connectivity index (χ0) is 8.97. The van der Waals surface area contributed by atoms with E-state index in [-0.39, 0.29) is 7.43 Å². The predicted octanol–water partition coefficient (Wildman–Crippen LogP) is 2.81. The van der Waals surface area contributed by atoms with Gasteiger partial charge in [-0.2, -0.15) is 0 Å². The first-order valence-electron chi connectivity index (χ1n) is 3.64. The Balaban J connectivity index is 0.00000144. The molecule has 0 saturated carbocycles. The Bertz CT molecular complexity index is 267. The Hall–Kier alpha value is -1.51. The van der Waals surface area contributed by atoms with Crippen LogP contribution in [0.5, 0.6) is 0 Å². The van der Waals surface area contributed by atoms with Gasteiger partial charge in [0.2, 0.25) is 0 Å². The Morgan fingerprint density at radius 1 is 1.31 bits per heavy atom. The van der Waals surface area contributed by atoms with Crippen molar-refractivity contribution in [2.75, 3.05) is 12.4 Å². The van der Waals surface area contributed by atoms with Gasteiger partial charge in [-0.25, -0.2) is 4.79 Å². The van der Waals surface area contributed by atoms with Crippen molar-refractivity contribution in [2.45, 2.75) is 14.4 Å². The van der Waals surface area contributed by atoms with Crippen molar-refractivity contribution in [3.63, 3.8) is 0 Å². The lowest BCUT2D eigenvalue weighted by Gasteiger charge is -2.02. The number of amides is 1. The molecular weight excluding hydrogens is 166 g/mol. The molecule has 0 aliphatic carbocycles. The third-order valence-electron chi connectivity index (χ3n) is 1.48. The number of benzene rings is 1. The lowest BCUT2D eigenvalue weighted by molar-refractivity contribution is 0.187. The Morgan fingerprint density at radius 2 is 1.85 bits per heavy atom. The van der Waals surface area contributed by atoms with E-state index >= 15 is 0 Å². The number of hydrogen-bond acceptors (Lipinski definition) is 2. The average Bonchev–Trinajstić information content (AvgIpc) is 2.09. The smallest absolute Gasteiger partial charge is 0.411 e. The SMILES string of the molecule is C.COC(=O)Nc1ccc(C)cc1. The largest absolute Gasteiger partial charge is 0.453 e. The number of methoxy groups -OCH3 is 1.